The SMILES string of the molecule is CCN(C)c1nc(N)c(C(=O)NC2CC2(C)C)s1. The highest BCUT2D eigenvalue weighted by Gasteiger charge is 2.46. The van der Waals surface area contributed by atoms with Gasteiger partial charge in [-0.2, -0.15) is 0 Å². The Labute approximate surface area is 111 Å². The lowest BCUT2D eigenvalue weighted by Crippen LogP contribution is -2.28. The van der Waals surface area contributed by atoms with Gasteiger partial charge in [-0.15, -0.1) is 0 Å². The number of carbonyl (C=O) groups excluding carboxylic acids is 1. The normalized spacial score (nSPS) is 20.6. The maximum absolute atomic E-state index is 12.1. The molecule has 1 saturated carbocycles. The lowest BCUT2D eigenvalue weighted by Gasteiger charge is -2.10. The van der Waals surface area contributed by atoms with E-state index in [9.17, 15) is 4.79 Å². The zero-order valence-corrected chi connectivity index (χ0v) is 12.1. The van der Waals surface area contributed by atoms with Gasteiger partial charge in [0.1, 0.15) is 10.7 Å². The van der Waals surface area contributed by atoms with Crippen molar-refractivity contribution in [2.24, 2.45) is 5.41 Å². The van der Waals surface area contributed by atoms with E-state index in [0.717, 1.165) is 18.1 Å². The molecule has 6 heteroatoms. The van der Waals surface area contributed by atoms with Gasteiger partial charge in [0.25, 0.3) is 5.91 Å². The molecule has 1 atom stereocenters. The summed E-state index contributed by atoms with van der Waals surface area (Å²) in [5.41, 5.74) is 6.03. The number of nitrogens with two attached hydrogens (primary N) is 1. The zero-order chi connectivity index (χ0) is 13.5. The maximum Gasteiger partial charge on any atom is 0.265 e. The predicted molar refractivity (Wildman–Crippen MR) is 75.1 cm³/mol. The predicted octanol–water partition coefficient (Wildman–Crippen LogP) is 1.71. The van der Waals surface area contributed by atoms with Crippen LogP contribution in [0.5, 0.6) is 0 Å². The standard InChI is InChI=1S/C12H20N4OS/c1-5-16(4)11-15-9(13)8(18-11)10(17)14-7-6-12(7,2)3/h7H,5-6,13H2,1-4H3,(H,14,17). The number of thiazole rings is 1. The van der Waals surface area contributed by atoms with Gasteiger partial charge >= 0.3 is 0 Å². The Balaban J connectivity index is 2.08. The number of anilines is 2. The van der Waals surface area contributed by atoms with E-state index in [1.54, 1.807) is 0 Å². The van der Waals surface area contributed by atoms with Gasteiger partial charge in [0.2, 0.25) is 0 Å². The van der Waals surface area contributed by atoms with Crippen LogP contribution in [0.15, 0.2) is 0 Å². The fourth-order valence-electron chi connectivity index (χ4n) is 1.72. The van der Waals surface area contributed by atoms with Gasteiger partial charge in [0.05, 0.1) is 0 Å². The van der Waals surface area contributed by atoms with Crippen molar-refractivity contribution in [3.8, 4) is 0 Å². The molecular formula is C12H20N4OS. The second-order valence-corrected chi connectivity index (χ2v) is 6.42. The van der Waals surface area contributed by atoms with Gasteiger partial charge in [-0.3, -0.25) is 4.79 Å². The van der Waals surface area contributed by atoms with Crippen molar-refractivity contribution in [1.29, 1.82) is 0 Å². The molecule has 1 aromatic heterocycles. The van der Waals surface area contributed by atoms with Crippen molar-refractivity contribution >= 4 is 28.2 Å². The monoisotopic (exact) mass is 268 g/mol. The van der Waals surface area contributed by atoms with Crippen LogP contribution in [-0.4, -0.2) is 30.5 Å². The number of nitrogens with zero attached hydrogens (tertiary/aromatic N) is 2. The Morgan fingerprint density at radius 1 is 1.67 bits per heavy atom. The van der Waals surface area contributed by atoms with Crippen molar-refractivity contribution in [2.45, 2.75) is 33.2 Å². The molecule has 0 aromatic carbocycles. The van der Waals surface area contributed by atoms with Gasteiger partial charge in [-0.25, -0.2) is 4.98 Å². The van der Waals surface area contributed by atoms with Crippen molar-refractivity contribution < 1.29 is 4.79 Å². The Hall–Kier alpha value is -1.30. The van der Waals surface area contributed by atoms with Gasteiger partial charge in [-0.05, 0) is 18.8 Å². The van der Waals surface area contributed by atoms with Crippen molar-refractivity contribution in [3.05, 3.63) is 4.88 Å². The first-order chi connectivity index (χ1) is 8.35. The summed E-state index contributed by atoms with van der Waals surface area (Å²) in [4.78, 5) is 18.8. The Morgan fingerprint density at radius 3 is 2.78 bits per heavy atom. The van der Waals surface area contributed by atoms with E-state index < -0.39 is 0 Å². The Kier molecular flexibility index (Phi) is 3.23. The number of hydrogen-bond acceptors (Lipinski definition) is 5. The Bertz CT molecular complexity index is 469. The fraction of sp³-hybridized carbons (Fsp3) is 0.667. The lowest BCUT2D eigenvalue weighted by atomic mass is 10.2. The summed E-state index contributed by atoms with van der Waals surface area (Å²) < 4.78 is 0. The minimum Gasteiger partial charge on any atom is -0.382 e. The molecule has 1 aliphatic rings. The third kappa shape index (κ3) is 2.43. The number of carbonyl (C=O) groups is 1. The first-order valence-corrected chi connectivity index (χ1v) is 6.95. The van der Waals surface area contributed by atoms with Crippen LogP contribution in [0.3, 0.4) is 0 Å². The van der Waals surface area contributed by atoms with E-state index in [-0.39, 0.29) is 17.4 Å². The number of rotatable bonds is 4. The molecule has 1 aromatic rings. The maximum atomic E-state index is 12.1. The van der Waals surface area contributed by atoms with Crippen molar-refractivity contribution in [2.75, 3.05) is 24.2 Å². The van der Waals surface area contributed by atoms with E-state index in [2.05, 4.69) is 24.1 Å². The number of aromatic nitrogens is 1. The molecule has 0 spiro atoms. The van der Waals surface area contributed by atoms with Crippen LogP contribution in [0.25, 0.3) is 0 Å². The van der Waals surface area contributed by atoms with Crippen molar-refractivity contribution in [1.82, 2.24) is 10.3 Å². The van der Waals surface area contributed by atoms with E-state index in [0.29, 0.717) is 10.7 Å². The molecule has 0 radical (unpaired) electrons. The van der Waals surface area contributed by atoms with Crippen LogP contribution < -0.4 is 16.0 Å². The summed E-state index contributed by atoms with van der Waals surface area (Å²) in [5, 5.41) is 3.79. The molecule has 2 rings (SSSR count). The van der Waals surface area contributed by atoms with Gasteiger partial charge < -0.3 is 16.0 Å². The largest absolute Gasteiger partial charge is 0.382 e. The van der Waals surface area contributed by atoms with Crippen LogP contribution in [0.1, 0.15) is 36.9 Å². The van der Waals surface area contributed by atoms with E-state index in [1.165, 1.54) is 11.3 Å². The van der Waals surface area contributed by atoms with E-state index >= 15 is 0 Å². The molecule has 3 N–H and O–H groups in total. The zero-order valence-electron chi connectivity index (χ0n) is 11.3. The number of amides is 1. The smallest absolute Gasteiger partial charge is 0.265 e. The van der Waals surface area contributed by atoms with Gasteiger partial charge in [-0.1, -0.05) is 25.2 Å². The second-order valence-electron chi connectivity index (χ2n) is 5.44. The number of nitrogen functional groups attached to an aromatic ring is 1. The molecule has 0 bridgehead atoms. The number of nitrogens with one attached hydrogen (secondary N) is 1. The third-order valence-corrected chi connectivity index (χ3v) is 4.65. The van der Waals surface area contributed by atoms with Crippen LogP contribution in [0.4, 0.5) is 10.9 Å². The molecular weight excluding hydrogens is 248 g/mol. The summed E-state index contributed by atoms with van der Waals surface area (Å²) >= 11 is 1.35. The molecule has 1 unspecified atom stereocenters. The molecule has 18 heavy (non-hydrogen) atoms. The van der Waals surface area contributed by atoms with Crippen LogP contribution in [0.2, 0.25) is 0 Å². The molecule has 0 saturated heterocycles. The van der Waals surface area contributed by atoms with E-state index in [4.69, 9.17) is 5.73 Å². The van der Waals surface area contributed by atoms with Gasteiger partial charge in [0.15, 0.2) is 5.13 Å². The third-order valence-electron chi connectivity index (χ3n) is 3.47. The minimum absolute atomic E-state index is 0.101. The average molecular weight is 268 g/mol. The Morgan fingerprint density at radius 2 is 2.28 bits per heavy atom. The molecule has 0 aliphatic heterocycles. The van der Waals surface area contributed by atoms with Crippen molar-refractivity contribution in [3.63, 3.8) is 0 Å². The quantitative estimate of drug-likeness (QED) is 0.872. The highest BCUT2D eigenvalue weighted by Crippen LogP contribution is 2.44. The second kappa shape index (κ2) is 4.42. The fourth-order valence-corrected chi connectivity index (χ4v) is 2.63. The van der Waals surface area contributed by atoms with Crippen LogP contribution >= 0.6 is 11.3 Å². The average Bonchev–Trinajstić information content (AvgIpc) is 2.73. The summed E-state index contributed by atoms with van der Waals surface area (Å²) in [6, 6.07) is 0.263. The molecule has 1 amide bonds. The summed E-state index contributed by atoms with van der Waals surface area (Å²) in [7, 11) is 1.93. The molecule has 1 aliphatic carbocycles. The number of hydrogen-bond donors (Lipinski definition) is 2. The minimum atomic E-state index is -0.101. The summed E-state index contributed by atoms with van der Waals surface area (Å²) in [6.07, 6.45) is 1.03. The topological polar surface area (TPSA) is 71.2 Å². The lowest BCUT2D eigenvalue weighted by molar-refractivity contribution is 0.0951. The summed E-state index contributed by atoms with van der Waals surface area (Å²) in [6.45, 7) is 7.16. The first-order valence-electron chi connectivity index (χ1n) is 6.13. The first kappa shape index (κ1) is 13.1. The van der Waals surface area contributed by atoms with E-state index in [1.807, 2.05) is 18.9 Å². The van der Waals surface area contributed by atoms with Crippen LogP contribution in [-0.2, 0) is 0 Å². The molecule has 100 valence electrons. The van der Waals surface area contributed by atoms with Crippen LogP contribution in [0, 0.1) is 5.41 Å². The summed E-state index contributed by atoms with van der Waals surface area (Å²) in [5.74, 6) is 0.225. The highest BCUT2D eigenvalue weighted by molar-refractivity contribution is 7.18. The molecule has 1 fully saturated rings. The highest BCUT2D eigenvalue weighted by atomic mass is 32.1. The molecule has 5 nitrogen and oxygen atoms in total. The van der Waals surface area contributed by atoms with Gasteiger partial charge in [0, 0.05) is 19.6 Å². The molecule has 1 heterocycles.